The van der Waals surface area contributed by atoms with E-state index >= 15 is 0 Å². The van der Waals surface area contributed by atoms with Crippen LogP contribution in [0, 0.1) is 12.8 Å². The van der Waals surface area contributed by atoms with Gasteiger partial charge in [-0.05, 0) is 38.8 Å². The Kier molecular flexibility index (Phi) is 3.24. The van der Waals surface area contributed by atoms with Gasteiger partial charge in [0.2, 0.25) is 0 Å². The lowest BCUT2D eigenvalue weighted by Crippen LogP contribution is -2.29. The third-order valence-corrected chi connectivity index (χ3v) is 3.13. The van der Waals surface area contributed by atoms with Crippen LogP contribution >= 0.6 is 0 Å². The van der Waals surface area contributed by atoms with Crippen molar-refractivity contribution in [3.8, 4) is 0 Å². The molecule has 1 saturated heterocycles. The molecule has 3 N–H and O–H groups in total. The van der Waals surface area contributed by atoms with Crippen molar-refractivity contribution in [1.82, 2.24) is 15.3 Å². The van der Waals surface area contributed by atoms with Crippen LogP contribution in [-0.4, -0.2) is 28.8 Å². The van der Waals surface area contributed by atoms with E-state index in [1.807, 2.05) is 0 Å². The van der Waals surface area contributed by atoms with E-state index in [9.17, 15) is 9.59 Å². The highest BCUT2D eigenvalue weighted by Gasteiger charge is 2.20. The molecule has 0 bridgehead atoms. The second-order valence-electron chi connectivity index (χ2n) is 4.40. The fourth-order valence-corrected chi connectivity index (χ4v) is 2.20. The van der Waals surface area contributed by atoms with Gasteiger partial charge >= 0.3 is 5.69 Å². The number of aryl methyl sites for hydroxylation is 1. The van der Waals surface area contributed by atoms with Gasteiger partial charge in [-0.3, -0.25) is 4.79 Å². The van der Waals surface area contributed by atoms with Crippen molar-refractivity contribution >= 4 is 5.78 Å². The summed E-state index contributed by atoms with van der Waals surface area (Å²) in [5.74, 6) is 0.495. The van der Waals surface area contributed by atoms with Gasteiger partial charge < -0.3 is 15.3 Å². The number of imidazole rings is 1. The number of nitrogens with one attached hydrogen (secondary N) is 3. The van der Waals surface area contributed by atoms with Crippen molar-refractivity contribution in [3.63, 3.8) is 0 Å². The molecule has 0 atom stereocenters. The van der Waals surface area contributed by atoms with Crippen molar-refractivity contribution in [2.24, 2.45) is 5.92 Å². The maximum absolute atomic E-state index is 11.9. The molecule has 1 fully saturated rings. The predicted molar refractivity (Wildman–Crippen MR) is 60.7 cm³/mol. The van der Waals surface area contributed by atoms with Gasteiger partial charge in [-0.25, -0.2) is 4.79 Å². The number of Topliss-reactive ketones (excluding diaryl/α,β-unsaturated/α-hetero) is 1. The SMILES string of the molecule is Cc1[nH]c(=O)[nH]c1C(=O)CC1CCNCC1. The number of carbonyl (C=O) groups is 1. The topological polar surface area (TPSA) is 77.8 Å². The molecule has 1 aromatic heterocycles. The Hall–Kier alpha value is -1.36. The van der Waals surface area contributed by atoms with E-state index in [4.69, 9.17) is 0 Å². The van der Waals surface area contributed by atoms with E-state index in [0.29, 0.717) is 23.7 Å². The Morgan fingerprint density at radius 1 is 1.31 bits per heavy atom. The van der Waals surface area contributed by atoms with Crippen LogP contribution in [0.3, 0.4) is 0 Å². The van der Waals surface area contributed by atoms with Gasteiger partial charge in [-0.15, -0.1) is 0 Å². The number of ketones is 1. The monoisotopic (exact) mass is 223 g/mol. The zero-order chi connectivity index (χ0) is 11.5. The summed E-state index contributed by atoms with van der Waals surface area (Å²) in [4.78, 5) is 28.1. The third kappa shape index (κ3) is 2.41. The number of hydrogen-bond acceptors (Lipinski definition) is 3. The molecule has 0 aromatic carbocycles. The summed E-state index contributed by atoms with van der Waals surface area (Å²) in [5.41, 5.74) is 0.790. The molecule has 0 amide bonds. The predicted octanol–water partition coefficient (Wildman–Crippen LogP) is 0.584. The summed E-state index contributed by atoms with van der Waals surface area (Å²) in [7, 11) is 0. The summed E-state index contributed by atoms with van der Waals surface area (Å²) < 4.78 is 0. The smallest absolute Gasteiger partial charge is 0.317 e. The fourth-order valence-electron chi connectivity index (χ4n) is 2.20. The number of hydrogen-bond donors (Lipinski definition) is 3. The zero-order valence-corrected chi connectivity index (χ0v) is 9.43. The van der Waals surface area contributed by atoms with E-state index < -0.39 is 0 Å². The molecule has 88 valence electrons. The normalized spacial score (nSPS) is 17.6. The molecule has 5 nitrogen and oxygen atoms in total. The van der Waals surface area contributed by atoms with Crippen LogP contribution in [0.25, 0.3) is 0 Å². The number of piperidine rings is 1. The van der Waals surface area contributed by atoms with Crippen LogP contribution < -0.4 is 11.0 Å². The molecule has 0 unspecified atom stereocenters. The first kappa shape index (κ1) is 11.1. The quantitative estimate of drug-likeness (QED) is 0.656. The molecular weight excluding hydrogens is 206 g/mol. The van der Waals surface area contributed by atoms with Crippen molar-refractivity contribution in [2.75, 3.05) is 13.1 Å². The molecule has 1 aromatic rings. The average molecular weight is 223 g/mol. The fraction of sp³-hybridized carbons (Fsp3) is 0.636. The van der Waals surface area contributed by atoms with Crippen LogP contribution in [0.2, 0.25) is 0 Å². The Morgan fingerprint density at radius 2 is 2.00 bits per heavy atom. The Bertz CT molecular complexity index is 427. The van der Waals surface area contributed by atoms with Gasteiger partial charge in [0.15, 0.2) is 5.78 Å². The maximum Gasteiger partial charge on any atom is 0.323 e. The van der Waals surface area contributed by atoms with Crippen LogP contribution in [0.4, 0.5) is 0 Å². The Morgan fingerprint density at radius 3 is 2.56 bits per heavy atom. The summed E-state index contributed by atoms with van der Waals surface area (Å²) in [5, 5.41) is 3.27. The van der Waals surface area contributed by atoms with Crippen molar-refractivity contribution < 1.29 is 4.79 Å². The summed E-state index contributed by atoms with van der Waals surface area (Å²) in [6, 6.07) is 0. The van der Waals surface area contributed by atoms with Gasteiger partial charge in [0.05, 0.1) is 0 Å². The first-order valence-electron chi connectivity index (χ1n) is 5.69. The molecule has 1 aliphatic rings. The number of rotatable bonds is 3. The highest BCUT2D eigenvalue weighted by atomic mass is 16.1. The van der Waals surface area contributed by atoms with E-state index in [1.54, 1.807) is 6.92 Å². The minimum absolute atomic E-state index is 0.0442. The van der Waals surface area contributed by atoms with E-state index in [0.717, 1.165) is 25.9 Å². The second kappa shape index (κ2) is 4.65. The average Bonchev–Trinajstić information content (AvgIpc) is 2.59. The minimum Gasteiger partial charge on any atom is -0.317 e. The largest absolute Gasteiger partial charge is 0.323 e. The van der Waals surface area contributed by atoms with Gasteiger partial charge in [0.1, 0.15) is 5.69 Å². The molecule has 5 heteroatoms. The van der Waals surface area contributed by atoms with Crippen LogP contribution in [0.1, 0.15) is 35.4 Å². The molecule has 16 heavy (non-hydrogen) atoms. The molecule has 2 rings (SSSR count). The summed E-state index contributed by atoms with van der Waals surface area (Å²) >= 11 is 0. The van der Waals surface area contributed by atoms with Gasteiger partial charge in [0.25, 0.3) is 0 Å². The zero-order valence-electron chi connectivity index (χ0n) is 9.43. The third-order valence-electron chi connectivity index (χ3n) is 3.13. The van der Waals surface area contributed by atoms with E-state index in [1.165, 1.54) is 0 Å². The number of aromatic amines is 2. The van der Waals surface area contributed by atoms with Crippen LogP contribution in [0.15, 0.2) is 4.79 Å². The number of H-pyrrole nitrogens is 2. The lowest BCUT2D eigenvalue weighted by molar-refractivity contribution is 0.0947. The molecule has 0 radical (unpaired) electrons. The van der Waals surface area contributed by atoms with Gasteiger partial charge in [0, 0.05) is 12.1 Å². The lowest BCUT2D eigenvalue weighted by Gasteiger charge is -2.21. The second-order valence-corrected chi connectivity index (χ2v) is 4.40. The van der Waals surface area contributed by atoms with Crippen molar-refractivity contribution in [1.29, 1.82) is 0 Å². The Balaban J connectivity index is 2.02. The molecular formula is C11H17N3O2. The van der Waals surface area contributed by atoms with Crippen molar-refractivity contribution in [2.45, 2.75) is 26.2 Å². The first-order chi connectivity index (χ1) is 7.66. The number of aromatic nitrogens is 2. The van der Waals surface area contributed by atoms with Crippen molar-refractivity contribution in [3.05, 3.63) is 21.9 Å². The molecule has 1 aliphatic heterocycles. The highest BCUT2D eigenvalue weighted by molar-refractivity contribution is 5.95. The number of carbonyl (C=O) groups excluding carboxylic acids is 1. The van der Waals surface area contributed by atoms with E-state index in [-0.39, 0.29) is 11.5 Å². The molecule has 0 saturated carbocycles. The summed E-state index contributed by atoms with van der Waals surface area (Å²) in [6.45, 7) is 3.72. The molecule has 0 aliphatic carbocycles. The van der Waals surface area contributed by atoms with Crippen LogP contribution in [0.5, 0.6) is 0 Å². The minimum atomic E-state index is -0.300. The molecule has 0 spiro atoms. The van der Waals surface area contributed by atoms with Crippen LogP contribution in [-0.2, 0) is 0 Å². The first-order valence-corrected chi connectivity index (χ1v) is 5.69. The summed E-state index contributed by atoms with van der Waals surface area (Å²) in [6.07, 6.45) is 2.62. The maximum atomic E-state index is 11.9. The molecule has 2 heterocycles. The van der Waals surface area contributed by atoms with E-state index in [2.05, 4.69) is 15.3 Å². The highest BCUT2D eigenvalue weighted by Crippen LogP contribution is 2.18. The van der Waals surface area contributed by atoms with Gasteiger partial charge in [-0.2, -0.15) is 0 Å². The Labute approximate surface area is 93.6 Å². The lowest BCUT2D eigenvalue weighted by atomic mass is 9.92. The standard InChI is InChI=1S/C11H17N3O2/c1-7-10(14-11(16)13-7)9(15)6-8-2-4-12-5-3-8/h8,12H,2-6H2,1H3,(H2,13,14,16). The van der Waals surface area contributed by atoms with Gasteiger partial charge in [-0.1, -0.05) is 0 Å².